The van der Waals surface area contributed by atoms with Gasteiger partial charge in [-0.05, 0) is 51.6 Å². The maximum atomic E-state index is 11.6. The fourth-order valence-electron chi connectivity index (χ4n) is 3.82. The molecule has 2 atom stereocenters. The lowest BCUT2D eigenvalue weighted by Crippen LogP contribution is -2.41. The molecular formula is C15H28N2O2. The minimum absolute atomic E-state index is 0.140. The molecule has 19 heavy (non-hydrogen) atoms. The fraction of sp³-hybridized carbons (Fsp3) is 0.933. The van der Waals surface area contributed by atoms with Crippen LogP contribution in [-0.4, -0.2) is 50.2 Å². The molecule has 2 fully saturated rings. The number of carbonyl (C=O) groups is 1. The van der Waals surface area contributed by atoms with Crippen molar-refractivity contribution in [1.29, 1.82) is 0 Å². The third kappa shape index (κ3) is 3.69. The molecule has 1 saturated heterocycles. The Morgan fingerprint density at radius 1 is 1.32 bits per heavy atom. The lowest BCUT2D eigenvalue weighted by molar-refractivity contribution is -0.143. The van der Waals surface area contributed by atoms with Crippen molar-refractivity contribution < 1.29 is 9.53 Å². The van der Waals surface area contributed by atoms with Crippen LogP contribution in [0.2, 0.25) is 0 Å². The van der Waals surface area contributed by atoms with Crippen LogP contribution < -0.4 is 5.32 Å². The molecule has 0 spiro atoms. The van der Waals surface area contributed by atoms with Crippen LogP contribution in [-0.2, 0) is 9.53 Å². The third-order valence-electron chi connectivity index (χ3n) is 4.90. The van der Waals surface area contributed by atoms with Crippen LogP contribution in [0.4, 0.5) is 0 Å². The van der Waals surface area contributed by atoms with Crippen LogP contribution in [0.15, 0.2) is 0 Å². The van der Waals surface area contributed by atoms with E-state index in [0.29, 0.717) is 0 Å². The van der Waals surface area contributed by atoms with Crippen LogP contribution in [0.3, 0.4) is 0 Å². The highest BCUT2D eigenvalue weighted by molar-refractivity contribution is 5.75. The second-order valence-electron chi connectivity index (χ2n) is 5.94. The SMILES string of the molecule is CNC(CCN1CCCC1C1CCCC1)C(=O)OC. The smallest absolute Gasteiger partial charge is 0.322 e. The highest BCUT2D eigenvalue weighted by Crippen LogP contribution is 2.35. The Morgan fingerprint density at radius 3 is 2.68 bits per heavy atom. The normalized spacial score (nSPS) is 26.7. The molecule has 0 radical (unpaired) electrons. The Labute approximate surface area is 116 Å². The van der Waals surface area contributed by atoms with E-state index in [1.54, 1.807) is 0 Å². The van der Waals surface area contributed by atoms with Crippen molar-refractivity contribution >= 4 is 5.97 Å². The Morgan fingerprint density at radius 2 is 2.05 bits per heavy atom. The van der Waals surface area contributed by atoms with Gasteiger partial charge < -0.3 is 15.0 Å². The second kappa shape index (κ2) is 7.25. The van der Waals surface area contributed by atoms with Crippen LogP contribution in [0.1, 0.15) is 44.9 Å². The highest BCUT2D eigenvalue weighted by Gasteiger charge is 2.33. The monoisotopic (exact) mass is 268 g/mol. The summed E-state index contributed by atoms with van der Waals surface area (Å²) in [5.74, 6) is 0.771. The van der Waals surface area contributed by atoms with Gasteiger partial charge in [0.25, 0.3) is 0 Å². The van der Waals surface area contributed by atoms with E-state index in [0.717, 1.165) is 24.9 Å². The van der Waals surface area contributed by atoms with Gasteiger partial charge in [-0.1, -0.05) is 12.8 Å². The van der Waals surface area contributed by atoms with E-state index in [1.807, 2.05) is 7.05 Å². The molecule has 1 saturated carbocycles. The summed E-state index contributed by atoms with van der Waals surface area (Å²) in [6.45, 7) is 2.22. The number of likely N-dealkylation sites (N-methyl/N-ethyl adjacent to an activating group) is 1. The molecule has 0 amide bonds. The molecule has 0 aromatic carbocycles. The summed E-state index contributed by atoms with van der Waals surface area (Å²) in [7, 11) is 3.30. The number of ether oxygens (including phenoxy) is 1. The number of nitrogens with one attached hydrogen (secondary N) is 1. The second-order valence-corrected chi connectivity index (χ2v) is 5.94. The van der Waals surface area contributed by atoms with E-state index in [-0.39, 0.29) is 12.0 Å². The number of esters is 1. The Balaban J connectivity index is 1.82. The molecule has 0 aromatic heterocycles. The molecule has 1 N–H and O–H groups in total. The van der Waals surface area contributed by atoms with Crippen LogP contribution in [0.5, 0.6) is 0 Å². The molecule has 4 heteroatoms. The fourth-order valence-corrected chi connectivity index (χ4v) is 3.82. The van der Waals surface area contributed by atoms with Crippen molar-refractivity contribution in [3.63, 3.8) is 0 Å². The summed E-state index contributed by atoms with van der Waals surface area (Å²) in [5.41, 5.74) is 0. The molecule has 1 aliphatic heterocycles. The number of rotatable bonds is 6. The standard InChI is InChI=1S/C15H28N2O2/c1-16-13(15(18)19-2)9-11-17-10-5-8-14(17)12-6-3-4-7-12/h12-14,16H,3-11H2,1-2H3. The quantitative estimate of drug-likeness (QED) is 0.746. The van der Waals surface area contributed by atoms with Crippen molar-refractivity contribution in [2.75, 3.05) is 27.2 Å². The predicted octanol–water partition coefficient (Wildman–Crippen LogP) is 1.79. The Kier molecular flexibility index (Phi) is 5.64. The van der Waals surface area contributed by atoms with Gasteiger partial charge in [0, 0.05) is 12.6 Å². The lowest BCUT2D eigenvalue weighted by Gasteiger charge is -2.30. The summed E-state index contributed by atoms with van der Waals surface area (Å²) in [6.07, 6.45) is 9.18. The molecule has 0 bridgehead atoms. The summed E-state index contributed by atoms with van der Waals surface area (Å²) in [6, 6.07) is 0.618. The van der Waals surface area contributed by atoms with Gasteiger partial charge in [0.05, 0.1) is 7.11 Å². The van der Waals surface area contributed by atoms with Crippen molar-refractivity contribution in [2.24, 2.45) is 5.92 Å². The molecule has 2 rings (SSSR count). The van der Waals surface area contributed by atoms with Gasteiger partial charge in [-0.2, -0.15) is 0 Å². The van der Waals surface area contributed by atoms with E-state index in [9.17, 15) is 4.79 Å². The maximum Gasteiger partial charge on any atom is 0.322 e. The zero-order valence-electron chi connectivity index (χ0n) is 12.4. The van der Waals surface area contributed by atoms with Crippen molar-refractivity contribution in [1.82, 2.24) is 10.2 Å². The first kappa shape index (κ1) is 14.8. The van der Waals surface area contributed by atoms with Crippen molar-refractivity contribution in [3.8, 4) is 0 Å². The molecule has 110 valence electrons. The predicted molar refractivity (Wildman–Crippen MR) is 76.0 cm³/mol. The van der Waals surface area contributed by atoms with E-state index in [1.165, 1.54) is 52.2 Å². The van der Waals surface area contributed by atoms with Crippen LogP contribution in [0, 0.1) is 5.92 Å². The molecule has 2 unspecified atom stereocenters. The summed E-state index contributed by atoms with van der Waals surface area (Å²) < 4.78 is 4.83. The molecule has 4 nitrogen and oxygen atoms in total. The molecule has 2 aliphatic rings. The number of likely N-dealkylation sites (tertiary alicyclic amines) is 1. The minimum atomic E-state index is -0.158. The molecule has 1 heterocycles. The average Bonchev–Trinajstić information content (AvgIpc) is 3.09. The van der Waals surface area contributed by atoms with Gasteiger partial charge in [0.15, 0.2) is 0 Å². The van der Waals surface area contributed by atoms with E-state index < -0.39 is 0 Å². The number of hydrogen-bond acceptors (Lipinski definition) is 4. The van der Waals surface area contributed by atoms with Gasteiger partial charge >= 0.3 is 5.97 Å². The first-order chi connectivity index (χ1) is 9.26. The van der Waals surface area contributed by atoms with Gasteiger partial charge in [-0.3, -0.25) is 4.79 Å². The Hall–Kier alpha value is -0.610. The third-order valence-corrected chi connectivity index (χ3v) is 4.90. The minimum Gasteiger partial charge on any atom is -0.468 e. The topological polar surface area (TPSA) is 41.6 Å². The zero-order chi connectivity index (χ0) is 13.7. The Bertz CT molecular complexity index is 290. The number of hydrogen-bond donors (Lipinski definition) is 1. The molecule has 0 aromatic rings. The first-order valence-corrected chi connectivity index (χ1v) is 7.75. The summed E-state index contributed by atoms with van der Waals surface area (Å²) in [5, 5.41) is 3.06. The van der Waals surface area contributed by atoms with Gasteiger partial charge in [-0.25, -0.2) is 0 Å². The lowest BCUT2D eigenvalue weighted by atomic mass is 9.96. The van der Waals surface area contributed by atoms with Crippen molar-refractivity contribution in [2.45, 2.75) is 57.0 Å². The van der Waals surface area contributed by atoms with Gasteiger partial charge in [-0.15, -0.1) is 0 Å². The van der Waals surface area contributed by atoms with Gasteiger partial charge in [0.1, 0.15) is 6.04 Å². The average molecular weight is 268 g/mol. The number of methoxy groups -OCH3 is 1. The van der Waals surface area contributed by atoms with Crippen molar-refractivity contribution in [3.05, 3.63) is 0 Å². The number of nitrogens with zero attached hydrogens (tertiary/aromatic N) is 1. The highest BCUT2D eigenvalue weighted by atomic mass is 16.5. The van der Waals surface area contributed by atoms with E-state index in [4.69, 9.17) is 4.74 Å². The first-order valence-electron chi connectivity index (χ1n) is 7.75. The molecule has 1 aliphatic carbocycles. The van der Waals surface area contributed by atoms with Gasteiger partial charge in [0.2, 0.25) is 0 Å². The van der Waals surface area contributed by atoms with E-state index >= 15 is 0 Å². The van der Waals surface area contributed by atoms with Crippen LogP contribution >= 0.6 is 0 Å². The largest absolute Gasteiger partial charge is 0.468 e. The van der Waals surface area contributed by atoms with Crippen LogP contribution in [0.25, 0.3) is 0 Å². The maximum absolute atomic E-state index is 11.6. The summed E-state index contributed by atoms with van der Waals surface area (Å²) in [4.78, 5) is 14.2. The zero-order valence-corrected chi connectivity index (χ0v) is 12.4. The van der Waals surface area contributed by atoms with E-state index in [2.05, 4.69) is 10.2 Å². The molecular weight excluding hydrogens is 240 g/mol. The number of carbonyl (C=O) groups excluding carboxylic acids is 1. The summed E-state index contributed by atoms with van der Waals surface area (Å²) >= 11 is 0.